The molecule has 0 saturated heterocycles. The minimum absolute atomic E-state index is 0.0276. The van der Waals surface area contributed by atoms with Gasteiger partial charge in [-0.15, -0.1) is 0 Å². The quantitative estimate of drug-likeness (QED) is 0.851. The second kappa shape index (κ2) is 7.09. The maximum absolute atomic E-state index is 13.4. The Morgan fingerprint density at radius 1 is 1.10 bits per heavy atom. The third-order valence-electron chi connectivity index (χ3n) is 2.99. The van der Waals surface area contributed by atoms with E-state index in [1.165, 1.54) is 12.1 Å². The van der Waals surface area contributed by atoms with Crippen molar-refractivity contribution in [3.8, 4) is 5.75 Å². The molecule has 112 valence electrons. The van der Waals surface area contributed by atoms with Crippen molar-refractivity contribution in [1.29, 1.82) is 0 Å². The number of rotatable bonds is 6. The molecule has 0 saturated carbocycles. The monoisotopic (exact) mass is 289 g/mol. The molecule has 0 radical (unpaired) electrons. The van der Waals surface area contributed by atoms with E-state index in [4.69, 9.17) is 9.84 Å². The van der Waals surface area contributed by atoms with Gasteiger partial charge in [-0.25, -0.2) is 4.39 Å². The number of hydrogen-bond donors (Lipinski definition) is 2. The molecular weight excluding hydrogens is 269 g/mol. The molecule has 0 unspecified atom stereocenters. The molecule has 0 fully saturated rings. The number of benzene rings is 2. The van der Waals surface area contributed by atoms with Gasteiger partial charge >= 0.3 is 0 Å². The third kappa shape index (κ3) is 4.46. The second-order valence-corrected chi connectivity index (χ2v) is 5.14. The molecule has 0 aliphatic heterocycles. The molecule has 2 aromatic carbocycles. The van der Waals surface area contributed by atoms with Crippen molar-refractivity contribution in [2.45, 2.75) is 33.1 Å². The molecule has 2 rings (SSSR count). The zero-order valence-corrected chi connectivity index (χ0v) is 12.3. The van der Waals surface area contributed by atoms with Crippen LogP contribution in [0.4, 0.5) is 10.1 Å². The van der Waals surface area contributed by atoms with E-state index in [0.29, 0.717) is 18.0 Å². The molecule has 2 aromatic rings. The van der Waals surface area contributed by atoms with Crippen LogP contribution in [-0.4, -0.2) is 11.2 Å². The summed E-state index contributed by atoms with van der Waals surface area (Å²) in [5.41, 5.74) is 2.55. The Balaban J connectivity index is 2.08. The molecule has 0 spiro atoms. The minimum Gasteiger partial charge on any atom is -0.489 e. The average molecular weight is 289 g/mol. The lowest BCUT2D eigenvalue weighted by molar-refractivity contribution is 0.243. The van der Waals surface area contributed by atoms with Crippen molar-refractivity contribution in [1.82, 2.24) is 0 Å². The first-order chi connectivity index (χ1) is 10.1. The van der Waals surface area contributed by atoms with Crippen molar-refractivity contribution in [3.63, 3.8) is 0 Å². The lowest BCUT2D eigenvalue weighted by atomic mass is 10.1. The normalized spacial score (nSPS) is 10.7. The van der Waals surface area contributed by atoms with E-state index in [9.17, 15) is 4.39 Å². The number of anilines is 1. The number of aliphatic hydroxyl groups excluding tert-OH is 1. The molecule has 0 aliphatic rings. The first-order valence-corrected chi connectivity index (χ1v) is 6.97. The van der Waals surface area contributed by atoms with Crippen molar-refractivity contribution < 1.29 is 14.2 Å². The SMILES string of the molecule is CC(C)Oc1ccc(F)cc1NCc1ccc(CO)cc1. The van der Waals surface area contributed by atoms with Gasteiger partial charge in [-0.2, -0.15) is 0 Å². The highest BCUT2D eigenvalue weighted by molar-refractivity contribution is 5.56. The van der Waals surface area contributed by atoms with Gasteiger partial charge in [0.05, 0.1) is 18.4 Å². The molecule has 0 aliphatic carbocycles. The zero-order valence-electron chi connectivity index (χ0n) is 12.3. The lowest BCUT2D eigenvalue weighted by Crippen LogP contribution is -2.09. The van der Waals surface area contributed by atoms with Gasteiger partial charge in [-0.05, 0) is 37.1 Å². The predicted octanol–water partition coefficient (Wildman–Crippen LogP) is 3.72. The van der Waals surface area contributed by atoms with E-state index in [0.717, 1.165) is 11.1 Å². The molecule has 4 heteroatoms. The first-order valence-electron chi connectivity index (χ1n) is 6.97. The summed E-state index contributed by atoms with van der Waals surface area (Å²) in [4.78, 5) is 0. The smallest absolute Gasteiger partial charge is 0.142 e. The van der Waals surface area contributed by atoms with E-state index in [1.807, 2.05) is 38.1 Å². The van der Waals surface area contributed by atoms with Crippen LogP contribution in [0.25, 0.3) is 0 Å². The summed E-state index contributed by atoms with van der Waals surface area (Å²) in [6.45, 7) is 4.45. The Bertz CT molecular complexity index is 582. The molecule has 0 aromatic heterocycles. The number of aliphatic hydroxyl groups is 1. The number of nitrogens with one attached hydrogen (secondary N) is 1. The van der Waals surface area contributed by atoms with Crippen molar-refractivity contribution in [2.24, 2.45) is 0 Å². The molecule has 0 bridgehead atoms. The topological polar surface area (TPSA) is 41.5 Å². The molecule has 21 heavy (non-hydrogen) atoms. The van der Waals surface area contributed by atoms with Crippen LogP contribution in [0.1, 0.15) is 25.0 Å². The van der Waals surface area contributed by atoms with Crippen LogP contribution in [0, 0.1) is 5.82 Å². The maximum atomic E-state index is 13.4. The molecule has 0 heterocycles. The van der Waals surface area contributed by atoms with Crippen LogP contribution in [0.15, 0.2) is 42.5 Å². The highest BCUT2D eigenvalue weighted by atomic mass is 19.1. The molecule has 0 amide bonds. The van der Waals surface area contributed by atoms with Gasteiger partial charge in [-0.1, -0.05) is 24.3 Å². The van der Waals surface area contributed by atoms with Gasteiger partial charge in [0.15, 0.2) is 0 Å². The number of halogens is 1. The Morgan fingerprint density at radius 3 is 2.38 bits per heavy atom. The fourth-order valence-corrected chi connectivity index (χ4v) is 1.96. The van der Waals surface area contributed by atoms with Crippen LogP contribution in [0.5, 0.6) is 5.75 Å². The van der Waals surface area contributed by atoms with Gasteiger partial charge in [-0.3, -0.25) is 0 Å². The van der Waals surface area contributed by atoms with Crippen LogP contribution >= 0.6 is 0 Å². The summed E-state index contributed by atoms with van der Waals surface area (Å²) < 4.78 is 19.0. The Hall–Kier alpha value is -2.07. The Kier molecular flexibility index (Phi) is 5.17. The maximum Gasteiger partial charge on any atom is 0.142 e. The van der Waals surface area contributed by atoms with Gasteiger partial charge in [0, 0.05) is 12.6 Å². The van der Waals surface area contributed by atoms with Crippen molar-refractivity contribution in [2.75, 3.05) is 5.32 Å². The fourth-order valence-electron chi connectivity index (χ4n) is 1.96. The largest absolute Gasteiger partial charge is 0.489 e. The van der Waals surface area contributed by atoms with Gasteiger partial charge in [0.2, 0.25) is 0 Å². The third-order valence-corrected chi connectivity index (χ3v) is 2.99. The number of hydrogen-bond acceptors (Lipinski definition) is 3. The van der Waals surface area contributed by atoms with E-state index in [1.54, 1.807) is 6.07 Å². The Labute approximate surface area is 124 Å². The standard InChI is InChI=1S/C17H20FNO2/c1-12(2)21-17-8-7-15(18)9-16(17)19-10-13-3-5-14(11-20)6-4-13/h3-9,12,19-20H,10-11H2,1-2H3. The number of ether oxygens (including phenoxy) is 1. The highest BCUT2D eigenvalue weighted by Gasteiger charge is 2.07. The van der Waals surface area contributed by atoms with Crippen molar-refractivity contribution >= 4 is 5.69 Å². The van der Waals surface area contributed by atoms with Crippen LogP contribution in [0.3, 0.4) is 0 Å². The highest BCUT2D eigenvalue weighted by Crippen LogP contribution is 2.27. The lowest BCUT2D eigenvalue weighted by Gasteiger charge is -2.16. The molecule has 3 nitrogen and oxygen atoms in total. The van der Waals surface area contributed by atoms with E-state index in [2.05, 4.69) is 5.32 Å². The molecule has 0 atom stereocenters. The summed E-state index contributed by atoms with van der Waals surface area (Å²) in [6, 6.07) is 12.1. The Morgan fingerprint density at radius 2 is 1.76 bits per heavy atom. The minimum atomic E-state index is -0.302. The summed E-state index contributed by atoms with van der Waals surface area (Å²) in [6.07, 6.45) is 0.0276. The van der Waals surface area contributed by atoms with Crippen molar-refractivity contribution in [3.05, 3.63) is 59.4 Å². The predicted molar refractivity (Wildman–Crippen MR) is 81.9 cm³/mol. The summed E-state index contributed by atoms with van der Waals surface area (Å²) >= 11 is 0. The summed E-state index contributed by atoms with van der Waals surface area (Å²) in [5.74, 6) is 0.336. The van der Waals surface area contributed by atoms with E-state index >= 15 is 0 Å². The molecular formula is C17H20FNO2. The van der Waals surface area contributed by atoms with Gasteiger partial charge in [0.1, 0.15) is 11.6 Å². The van der Waals surface area contributed by atoms with Crippen LogP contribution in [0.2, 0.25) is 0 Å². The van der Waals surface area contributed by atoms with E-state index in [-0.39, 0.29) is 18.5 Å². The summed E-state index contributed by atoms with van der Waals surface area (Å²) in [5, 5.41) is 12.2. The summed E-state index contributed by atoms with van der Waals surface area (Å²) in [7, 11) is 0. The molecule has 2 N–H and O–H groups in total. The van der Waals surface area contributed by atoms with Crippen LogP contribution < -0.4 is 10.1 Å². The zero-order chi connectivity index (χ0) is 15.2. The van der Waals surface area contributed by atoms with Crippen LogP contribution in [-0.2, 0) is 13.2 Å². The van der Waals surface area contributed by atoms with Gasteiger partial charge < -0.3 is 15.2 Å². The average Bonchev–Trinajstić information content (AvgIpc) is 2.47. The fraction of sp³-hybridized carbons (Fsp3) is 0.294. The van der Waals surface area contributed by atoms with Gasteiger partial charge in [0.25, 0.3) is 0 Å². The second-order valence-electron chi connectivity index (χ2n) is 5.14. The first kappa shape index (κ1) is 15.3. The van der Waals surface area contributed by atoms with E-state index < -0.39 is 0 Å².